The van der Waals surface area contributed by atoms with Gasteiger partial charge in [-0.2, -0.15) is 0 Å². The van der Waals surface area contributed by atoms with Gasteiger partial charge in [0.25, 0.3) is 10.0 Å². The van der Waals surface area contributed by atoms with E-state index in [0.717, 1.165) is 23.9 Å². The lowest BCUT2D eigenvalue weighted by Gasteiger charge is -2.18. The smallest absolute Gasteiger partial charge is 0.261 e. The van der Waals surface area contributed by atoms with Crippen LogP contribution in [0.5, 0.6) is 0 Å². The summed E-state index contributed by atoms with van der Waals surface area (Å²) in [5.41, 5.74) is 2.85. The van der Waals surface area contributed by atoms with Crippen molar-refractivity contribution in [1.82, 2.24) is 9.88 Å². The minimum absolute atomic E-state index is 0.266. The molecule has 1 aliphatic heterocycles. The number of nitrogens with zero attached hydrogens (tertiary/aromatic N) is 1. The van der Waals surface area contributed by atoms with E-state index in [4.69, 9.17) is 0 Å². The van der Waals surface area contributed by atoms with Gasteiger partial charge >= 0.3 is 0 Å². The van der Waals surface area contributed by atoms with E-state index < -0.39 is 10.0 Å². The van der Waals surface area contributed by atoms with Crippen molar-refractivity contribution < 1.29 is 8.42 Å². The number of likely N-dealkylation sites (N-methyl/N-ethyl adjacent to an activating group) is 1. The molecule has 0 bridgehead atoms. The zero-order chi connectivity index (χ0) is 18.1. The van der Waals surface area contributed by atoms with Gasteiger partial charge in [0.15, 0.2) is 0 Å². The molecule has 0 radical (unpaired) electrons. The molecular formula is C20H23N3O2S. The summed E-state index contributed by atoms with van der Waals surface area (Å²) < 4.78 is 27.8. The number of hydrogen-bond donors (Lipinski definition) is 2. The van der Waals surface area contributed by atoms with Gasteiger partial charge in [-0.05, 0) is 68.8 Å². The van der Waals surface area contributed by atoms with Crippen LogP contribution in [-0.2, 0) is 16.4 Å². The number of benzene rings is 2. The van der Waals surface area contributed by atoms with Crippen LogP contribution >= 0.6 is 0 Å². The predicted molar refractivity (Wildman–Crippen MR) is 105 cm³/mol. The zero-order valence-corrected chi connectivity index (χ0v) is 15.6. The van der Waals surface area contributed by atoms with Gasteiger partial charge in [-0.15, -0.1) is 0 Å². The maximum Gasteiger partial charge on any atom is 0.261 e. The van der Waals surface area contributed by atoms with Crippen LogP contribution in [-0.4, -0.2) is 37.9 Å². The van der Waals surface area contributed by atoms with Gasteiger partial charge in [-0.3, -0.25) is 4.72 Å². The Morgan fingerprint density at radius 3 is 2.73 bits per heavy atom. The SMILES string of the molecule is CN1CCC[C@H]1Cc1c[nH]c2ccc(NS(=O)(=O)c3ccccc3)cc12. The van der Waals surface area contributed by atoms with Crippen LogP contribution in [0.3, 0.4) is 0 Å². The van der Waals surface area contributed by atoms with Gasteiger partial charge in [0.05, 0.1) is 4.90 Å². The summed E-state index contributed by atoms with van der Waals surface area (Å²) in [4.78, 5) is 5.97. The molecule has 1 saturated heterocycles. The Hall–Kier alpha value is -2.31. The molecule has 26 heavy (non-hydrogen) atoms. The second-order valence-electron chi connectivity index (χ2n) is 6.97. The van der Waals surface area contributed by atoms with Crippen molar-refractivity contribution in [3.63, 3.8) is 0 Å². The molecule has 2 heterocycles. The van der Waals surface area contributed by atoms with Crippen molar-refractivity contribution in [2.45, 2.75) is 30.2 Å². The minimum Gasteiger partial charge on any atom is -0.361 e. The maximum atomic E-state index is 12.6. The Morgan fingerprint density at radius 1 is 1.19 bits per heavy atom. The van der Waals surface area contributed by atoms with Crippen LogP contribution in [0.1, 0.15) is 18.4 Å². The number of anilines is 1. The quantitative estimate of drug-likeness (QED) is 0.722. The normalized spacial score (nSPS) is 18.4. The number of aromatic amines is 1. The van der Waals surface area contributed by atoms with E-state index >= 15 is 0 Å². The van der Waals surface area contributed by atoms with E-state index in [1.165, 1.54) is 18.4 Å². The van der Waals surface area contributed by atoms with Gasteiger partial charge in [0, 0.05) is 28.8 Å². The molecule has 0 unspecified atom stereocenters. The average Bonchev–Trinajstić information content (AvgIpc) is 3.22. The first-order valence-electron chi connectivity index (χ1n) is 8.91. The molecule has 136 valence electrons. The lowest BCUT2D eigenvalue weighted by atomic mass is 10.0. The van der Waals surface area contributed by atoms with Gasteiger partial charge in [-0.1, -0.05) is 18.2 Å². The fourth-order valence-corrected chi connectivity index (χ4v) is 4.79. The molecule has 4 rings (SSSR count). The predicted octanol–water partition coefficient (Wildman–Crippen LogP) is 3.61. The van der Waals surface area contributed by atoms with Crippen LogP contribution in [0, 0.1) is 0 Å². The van der Waals surface area contributed by atoms with E-state index in [2.05, 4.69) is 21.7 Å². The van der Waals surface area contributed by atoms with Crippen molar-refractivity contribution in [3.05, 3.63) is 60.3 Å². The third-order valence-corrected chi connectivity index (χ3v) is 6.60. The Morgan fingerprint density at radius 2 is 2.00 bits per heavy atom. The molecule has 0 amide bonds. The van der Waals surface area contributed by atoms with Crippen molar-refractivity contribution in [2.24, 2.45) is 0 Å². The molecule has 1 atom stereocenters. The Balaban J connectivity index is 1.62. The van der Waals surface area contributed by atoms with Crippen molar-refractivity contribution in [1.29, 1.82) is 0 Å². The molecular weight excluding hydrogens is 346 g/mol. The summed E-state index contributed by atoms with van der Waals surface area (Å²) >= 11 is 0. The molecule has 5 nitrogen and oxygen atoms in total. The first-order valence-corrected chi connectivity index (χ1v) is 10.4. The van der Waals surface area contributed by atoms with Crippen molar-refractivity contribution >= 4 is 26.6 Å². The van der Waals surface area contributed by atoms with Gasteiger partial charge in [-0.25, -0.2) is 8.42 Å². The number of nitrogens with one attached hydrogen (secondary N) is 2. The van der Waals surface area contributed by atoms with E-state index in [-0.39, 0.29) is 4.90 Å². The van der Waals surface area contributed by atoms with Gasteiger partial charge in [0.2, 0.25) is 0 Å². The summed E-state index contributed by atoms with van der Waals surface area (Å²) in [6.07, 6.45) is 5.48. The van der Waals surface area contributed by atoms with E-state index in [1.807, 2.05) is 18.3 Å². The molecule has 6 heteroatoms. The first-order chi connectivity index (χ1) is 12.5. The molecule has 0 spiro atoms. The van der Waals surface area contributed by atoms with E-state index in [0.29, 0.717) is 11.7 Å². The third-order valence-electron chi connectivity index (χ3n) is 5.20. The highest BCUT2D eigenvalue weighted by Gasteiger charge is 2.22. The highest BCUT2D eigenvalue weighted by molar-refractivity contribution is 7.92. The number of likely N-dealkylation sites (tertiary alicyclic amines) is 1. The highest BCUT2D eigenvalue weighted by Crippen LogP contribution is 2.27. The lowest BCUT2D eigenvalue weighted by Crippen LogP contribution is -2.26. The maximum absolute atomic E-state index is 12.6. The number of sulfonamides is 1. The molecule has 1 aliphatic rings. The summed E-state index contributed by atoms with van der Waals surface area (Å²) in [5, 5.41) is 1.08. The Kier molecular flexibility index (Phi) is 4.46. The monoisotopic (exact) mass is 369 g/mol. The third kappa shape index (κ3) is 3.34. The summed E-state index contributed by atoms with van der Waals surface area (Å²) in [7, 11) is -1.40. The topological polar surface area (TPSA) is 65.2 Å². The Labute approximate surface area is 154 Å². The number of rotatable bonds is 5. The van der Waals surface area contributed by atoms with Gasteiger partial charge < -0.3 is 9.88 Å². The molecule has 0 saturated carbocycles. The highest BCUT2D eigenvalue weighted by atomic mass is 32.2. The molecule has 1 fully saturated rings. The van der Waals surface area contributed by atoms with Crippen molar-refractivity contribution in [3.8, 4) is 0 Å². The molecule has 3 aromatic rings. The fourth-order valence-electron chi connectivity index (χ4n) is 3.72. The van der Waals surface area contributed by atoms with Crippen LogP contribution in [0.2, 0.25) is 0 Å². The summed E-state index contributed by atoms with van der Waals surface area (Å²) in [6.45, 7) is 1.15. The summed E-state index contributed by atoms with van der Waals surface area (Å²) in [5.74, 6) is 0. The van der Waals surface area contributed by atoms with Gasteiger partial charge in [0.1, 0.15) is 0 Å². The largest absolute Gasteiger partial charge is 0.361 e. The van der Waals surface area contributed by atoms with Crippen LogP contribution < -0.4 is 4.72 Å². The van der Waals surface area contributed by atoms with Crippen LogP contribution in [0.25, 0.3) is 10.9 Å². The fraction of sp³-hybridized carbons (Fsp3) is 0.300. The standard InChI is InChI=1S/C20H23N3O2S/c1-23-11-5-6-17(23)12-15-14-21-20-10-9-16(13-19(15)20)22-26(24,25)18-7-3-2-4-8-18/h2-4,7-10,13-14,17,21-22H,5-6,11-12H2,1H3/t17-/m0/s1. The number of aromatic nitrogens is 1. The number of fused-ring (bicyclic) bond motifs is 1. The van der Waals surface area contributed by atoms with Crippen LogP contribution in [0.15, 0.2) is 59.6 Å². The Bertz CT molecular complexity index is 1010. The molecule has 1 aromatic heterocycles. The minimum atomic E-state index is -3.58. The first kappa shape index (κ1) is 17.1. The summed E-state index contributed by atoms with van der Waals surface area (Å²) in [6, 6.07) is 14.6. The number of hydrogen-bond acceptors (Lipinski definition) is 3. The van der Waals surface area contributed by atoms with E-state index in [1.54, 1.807) is 36.4 Å². The van der Waals surface area contributed by atoms with Crippen LogP contribution in [0.4, 0.5) is 5.69 Å². The molecule has 2 aromatic carbocycles. The lowest BCUT2D eigenvalue weighted by molar-refractivity contribution is 0.310. The molecule has 2 N–H and O–H groups in total. The van der Waals surface area contributed by atoms with Crippen molar-refractivity contribution in [2.75, 3.05) is 18.3 Å². The zero-order valence-electron chi connectivity index (χ0n) is 14.8. The molecule has 0 aliphatic carbocycles. The average molecular weight is 369 g/mol. The second kappa shape index (κ2) is 6.78. The second-order valence-corrected chi connectivity index (χ2v) is 8.66. The van der Waals surface area contributed by atoms with E-state index in [9.17, 15) is 8.42 Å². The number of H-pyrrole nitrogens is 1.